The number of fused-ring (bicyclic) bond motifs is 1. The number of anilines is 1. The van der Waals surface area contributed by atoms with E-state index in [1.54, 1.807) is 42.2 Å². The molecule has 0 atom stereocenters. The number of amides is 1. The molecule has 1 amide bonds. The SMILES string of the molecule is COc1ccc2sc(N(Cc3cccnc3)C(=O)c3cc(C)nn3C)nc2c1. The highest BCUT2D eigenvalue weighted by Crippen LogP contribution is 2.32. The Morgan fingerprint density at radius 2 is 2.14 bits per heavy atom. The van der Waals surface area contributed by atoms with Crippen molar-refractivity contribution in [3.63, 3.8) is 0 Å². The molecule has 0 unspecified atom stereocenters. The van der Waals surface area contributed by atoms with E-state index >= 15 is 0 Å². The molecule has 4 rings (SSSR count). The standard InChI is InChI=1S/C20H19N5O2S/c1-13-9-17(24(2)23-13)19(26)25(12-14-5-4-8-21-11-14)20-22-16-10-15(27-3)6-7-18(16)28-20/h4-11H,12H2,1-3H3. The van der Waals surface area contributed by atoms with Crippen molar-refractivity contribution in [2.24, 2.45) is 7.05 Å². The van der Waals surface area contributed by atoms with Gasteiger partial charge in [0.05, 0.1) is 29.6 Å². The van der Waals surface area contributed by atoms with Gasteiger partial charge in [-0.25, -0.2) is 4.98 Å². The molecule has 1 aromatic carbocycles. The Hall–Kier alpha value is -3.26. The fraction of sp³-hybridized carbons (Fsp3) is 0.200. The number of rotatable bonds is 5. The van der Waals surface area contributed by atoms with Crippen molar-refractivity contribution < 1.29 is 9.53 Å². The first-order chi connectivity index (χ1) is 13.5. The molecule has 0 aliphatic carbocycles. The minimum absolute atomic E-state index is 0.155. The van der Waals surface area contributed by atoms with Crippen LogP contribution in [0.4, 0.5) is 5.13 Å². The summed E-state index contributed by atoms with van der Waals surface area (Å²) in [6.07, 6.45) is 3.47. The number of carbonyl (C=O) groups is 1. The van der Waals surface area contributed by atoms with Crippen LogP contribution in [0.25, 0.3) is 10.2 Å². The molecular formula is C20H19N5O2S. The van der Waals surface area contributed by atoms with Crippen molar-refractivity contribution in [3.8, 4) is 5.75 Å². The maximum absolute atomic E-state index is 13.4. The quantitative estimate of drug-likeness (QED) is 0.518. The van der Waals surface area contributed by atoms with Gasteiger partial charge in [-0.1, -0.05) is 17.4 Å². The largest absolute Gasteiger partial charge is 0.497 e. The average molecular weight is 393 g/mol. The molecule has 7 nitrogen and oxygen atoms in total. The van der Waals surface area contributed by atoms with Crippen LogP contribution < -0.4 is 9.64 Å². The highest BCUT2D eigenvalue weighted by molar-refractivity contribution is 7.22. The molecule has 8 heteroatoms. The normalized spacial score (nSPS) is 11.0. The maximum atomic E-state index is 13.4. The van der Waals surface area contributed by atoms with E-state index in [9.17, 15) is 4.79 Å². The zero-order valence-corrected chi connectivity index (χ0v) is 16.6. The number of aromatic nitrogens is 4. The Morgan fingerprint density at radius 1 is 1.29 bits per heavy atom. The third-order valence-corrected chi connectivity index (χ3v) is 5.40. The molecule has 0 radical (unpaired) electrons. The first-order valence-corrected chi connectivity index (χ1v) is 9.53. The fourth-order valence-electron chi connectivity index (χ4n) is 2.99. The van der Waals surface area contributed by atoms with Gasteiger partial charge in [0.15, 0.2) is 5.13 Å². The van der Waals surface area contributed by atoms with E-state index < -0.39 is 0 Å². The fourth-order valence-corrected chi connectivity index (χ4v) is 3.93. The molecule has 0 aliphatic rings. The lowest BCUT2D eigenvalue weighted by atomic mass is 10.2. The monoisotopic (exact) mass is 393 g/mol. The van der Waals surface area contributed by atoms with E-state index in [1.165, 1.54) is 11.3 Å². The lowest BCUT2D eigenvalue weighted by Gasteiger charge is -2.19. The summed E-state index contributed by atoms with van der Waals surface area (Å²) in [5, 5.41) is 4.93. The molecule has 0 fully saturated rings. The summed E-state index contributed by atoms with van der Waals surface area (Å²) in [4.78, 5) is 23.9. The van der Waals surface area contributed by atoms with Crippen LogP contribution in [0.5, 0.6) is 5.75 Å². The lowest BCUT2D eigenvalue weighted by Crippen LogP contribution is -2.31. The van der Waals surface area contributed by atoms with Crippen LogP contribution in [0, 0.1) is 6.92 Å². The molecule has 0 N–H and O–H groups in total. The van der Waals surface area contributed by atoms with Crippen molar-refractivity contribution in [3.05, 3.63) is 65.7 Å². The van der Waals surface area contributed by atoms with Crippen LogP contribution in [0.15, 0.2) is 48.8 Å². The van der Waals surface area contributed by atoms with E-state index in [0.29, 0.717) is 17.4 Å². The summed E-state index contributed by atoms with van der Waals surface area (Å²) in [6, 6.07) is 11.3. The smallest absolute Gasteiger partial charge is 0.278 e. The Morgan fingerprint density at radius 3 is 2.82 bits per heavy atom. The molecule has 28 heavy (non-hydrogen) atoms. The number of hydrogen-bond donors (Lipinski definition) is 0. The van der Waals surface area contributed by atoms with Crippen molar-refractivity contribution >= 4 is 32.6 Å². The number of nitrogens with zero attached hydrogens (tertiary/aromatic N) is 5. The van der Waals surface area contributed by atoms with Gasteiger partial charge in [-0.05, 0) is 36.8 Å². The minimum Gasteiger partial charge on any atom is -0.497 e. The molecule has 142 valence electrons. The van der Waals surface area contributed by atoms with Gasteiger partial charge in [-0.2, -0.15) is 5.10 Å². The molecular weight excluding hydrogens is 374 g/mol. The Labute approximate surface area is 166 Å². The van der Waals surface area contributed by atoms with Crippen molar-refractivity contribution in [1.82, 2.24) is 19.7 Å². The predicted molar refractivity (Wildman–Crippen MR) is 109 cm³/mol. The van der Waals surface area contributed by atoms with Crippen LogP contribution in [-0.2, 0) is 13.6 Å². The van der Waals surface area contributed by atoms with Crippen molar-refractivity contribution in [2.45, 2.75) is 13.5 Å². The Kier molecular flexibility index (Phi) is 4.79. The highest BCUT2D eigenvalue weighted by Gasteiger charge is 2.24. The molecule has 0 bridgehead atoms. The molecule has 4 aromatic rings. The van der Waals surface area contributed by atoms with Gasteiger partial charge in [-0.3, -0.25) is 19.4 Å². The first kappa shape index (κ1) is 18.1. The van der Waals surface area contributed by atoms with E-state index in [0.717, 1.165) is 27.2 Å². The van der Waals surface area contributed by atoms with Crippen molar-refractivity contribution in [1.29, 1.82) is 0 Å². The Balaban J connectivity index is 1.78. The summed E-state index contributed by atoms with van der Waals surface area (Å²) in [5.41, 5.74) is 3.02. The van der Waals surface area contributed by atoms with Crippen molar-refractivity contribution in [2.75, 3.05) is 12.0 Å². The van der Waals surface area contributed by atoms with E-state index in [2.05, 4.69) is 10.1 Å². The summed E-state index contributed by atoms with van der Waals surface area (Å²) in [7, 11) is 3.39. The second-order valence-corrected chi connectivity index (χ2v) is 7.39. The molecule has 0 spiro atoms. The number of aryl methyl sites for hydroxylation is 2. The molecule has 0 aliphatic heterocycles. The zero-order valence-electron chi connectivity index (χ0n) is 15.8. The molecule has 3 aromatic heterocycles. The summed E-state index contributed by atoms with van der Waals surface area (Å²) >= 11 is 1.47. The van der Waals surface area contributed by atoms with Crippen LogP contribution in [0.1, 0.15) is 21.7 Å². The van der Waals surface area contributed by atoms with Gasteiger partial charge in [-0.15, -0.1) is 0 Å². The summed E-state index contributed by atoms with van der Waals surface area (Å²) in [5.74, 6) is 0.578. The molecule has 0 saturated carbocycles. The van der Waals surface area contributed by atoms with Gasteiger partial charge in [0.1, 0.15) is 11.4 Å². The van der Waals surface area contributed by atoms with Crippen LogP contribution in [0.2, 0.25) is 0 Å². The van der Waals surface area contributed by atoms with E-state index in [4.69, 9.17) is 9.72 Å². The lowest BCUT2D eigenvalue weighted by molar-refractivity contribution is 0.0976. The van der Waals surface area contributed by atoms with E-state index in [-0.39, 0.29) is 5.91 Å². The number of methoxy groups -OCH3 is 1. The number of ether oxygens (including phenoxy) is 1. The first-order valence-electron chi connectivity index (χ1n) is 8.71. The predicted octanol–water partition coefficient (Wildman–Crippen LogP) is 3.59. The number of carbonyl (C=O) groups excluding carboxylic acids is 1. The number of benzene rings is 1. The second-order valence-electron chi connectivity index (χ2n) is 6.38. The number of pyridine rings is 1. The van der Waals surface area contributed by atoms with Crippen LogP contribution in [-0.4, -0.2) is 32.8 Å². The Bertz CT molecular complexity index is 1140. The summed E-state index contributed by atoms with van der Waals surface area (Å²) in [6.45, 7) is 2.24. The minimum atomic E-state index is -0.155. The van der Waals surface area contributed by atoms with Crippen LogP contribution in [0.3, 0.4) is 0 Å². The van der Waals surface area contributed by atoms with E-state index in [1.807, 2.05) is 37.3 Å². The van der Waals surface area contributed by atoms with Crippen LogP contribution >= 0.6 is 11.3 Å². The van der Waals surface area contributed by atoms with Gasteiger partial charge < -0.3 is 4.74 Å². The van der Waals surface area contributed by atoms with Gasteiger partial charge in [0.2, 0.25) is 0 Å². The highest BCUT2D eigenvalue weighted by atomic mass is 32.1. The zero-order chi connectivity index (χ0) is 19.7. The third kappa shape index (κ3) is 3.46. The number of hydrogen-bond acceptors (Lipinski definition) is 6. The average Bonchev–Trinajstić information content (AvgIpc) is 3.27. The second kappa shape index (κ2) is 7.40. The molecule has 3 heterocycles. The number of thiazole rings is 1. The maximum Gasteiger partial charge on any atom is 0.278 e. The third-order valence-electron chi connectivity index (χ3n) is 4.34. The van der Waals surface area contributed by atoms with Gasteiger partial charge >= 0.3 is 0 Å². The van der Waals surface area contributed by atoms with Gasteiger partial charge in [0, 0.05) is 25.5 Å². The summed E-state index contributed by atoms with van der Waals surface area (Å²) < 4.78 is 7.88. The van der Waals surface area contributed by atoms with Gasteiger partial charge in [0.25, 0.3) is 5.91 Å². The topological polar surface area (TPSA) is 73.1 Å². The molecule has 0 saturated heterocycles.